The Labute approximate surface area is 88.6 Å². The molecule has 14 heavy (non-hydrogen) atoms. The Morgan fingerprint density at radius 1 is 1.71 bits per heavy atom. The van der Waals surface area contributed by atoms with Gasteiger partial charge in [0, 0.05) is 24.1 Å². The highest BCUT2D eigenvalue weighted by Gasteiger charge is 2.23. The van der Waals surface area contributed by atoms with E-state index in [4.69, 9.17) is 4.74 Å². The van der Waals surface area contributed by atoms with Gasteiger partial charge in [-0.3, -0.25) is 0 Å². The molecule has 1 aliphatic heterocycles. The molecule has 0 aliphatic carbocycles. The first-order valence-corrected chi connectivity index (χ1v) is 5.80. The lowest BCUT2D eigenvalue weighted by atomic mass is 10.1. The highest BCUT2D eigenvalue weighted by molar-refractivity contribution is 7.05. The Hall–Kier alpha value is -0.450. The Kier molecular flexibility index (Phi) is 3.15. The Morgan fingerprint density at radius 2 is 2.57 bits per heavy atom. The third kappa shape index (κ3) is 2.32. The Morgan fingerprint density at radius 3 is 3.14 bits per heavy atom. The maximum atomic E-state index is 5.48. The van der Waals surface area contributed by atoms with Crippen LogP contribution in [0.4, 0.5) is 0 Å². The summed E-state index contributed by atoms with van der Waals surface area (Å²) in [5, 5.41) is 3.51. The molecule has 3 nitrogen and oxygen atoms in total. The van der Waals surface area contributed by atoms with Crippen molar-refractivity contribution in [3.63, 3.8) is 0 Å². The van der Waals surface area contributed by atoms with E-state index in [1.54, 1.807) is 11.5 Å². The monoisotopic (exact) mass is 212 g/mol. The third-order valence-corrected chi connectivity index (χ3v) is 3.47. The molecule has 1 aliphatic rings. The van der Waals surface area contributed by atoms with Crippen molar-refractivity contribution in [1.29, 1.82) is 0 Å². The lowest BCUT2D eigenvalue weighted by Gasteiger charge is -2.14. The molecule has 1 N–H and O–H groups in total. The summed E-state index contributed by atoms with van der Waals surface area (Å²) < 4.78 is 9.74. The van der Waals surface area contributed by atoms with Crippen molar-refractivity contribution in [2.24, 2.45) is 0 Å². The zero-order chi connectivity index (χ0) is 9.97. The molecule has 4 heteroatoms. The molecule has 2 atom stereocenters. The minimum absolute atomic E-state index is 0.351. The van der Waals surface area contributed by atoms with Gasteiger partial charge in [0.1, 0.15) is 0 Å². The Bertz CT molecular complexity index is 300. The van der Waals surface area contributed by atoms with Crippen LogP contribution in [0.25, 0.3) is 0 Å². The van der Waals surface area contributed by atoms with Crippen LogP contribution >= 0.6 is 11.5 Å². The summed E-state index contributed by atoms with van der Waals surface area (Å²) in [5.74, 6) is 0. The number of hydrogen-bond acceptors (Lipinski definition) is 4. The number of ether oxygens (including phenoxy) is 1. The zero-order valence-corrected chi connectivity index (χ0v) is 9.43. The molecule has 2 unspecified atom stereocenters. The third-order valence-electron chi connectivity index (χ3n) is 2.59. The molecule has 0 amide bonds. The summed E-state index contributed by atoms with van der Waals surface area (Å²) in [4.78, 5) is 1.31. The zero-order valence-electron chi connectivity index (χ0n) is 8.62. The summed E-state index contributed by atoms with van der Waals surface area (Å²) in [5.41, 5.74) is 1.11. The maximum absolute atomic E-state index is 5.48. The summed E-state index contributed by atoms with van der Waals surface area (Å²) in [7, 11) is 0. The van der Waals surface area contributed by atoms with Crippen molar-refractivity contribution in [3.05, 3.63) is 16.6 Å². The van der Waals surface area contributed by atoms with Crippen molar-refractivity contribution >= 4 is 11.5 Å². The normalized spacial score (nSPS) is 27.0. The van der Waals surface area contributed by atoms with Gasteiger partial charge in [0.2, 0.25) is 0 Å². The molecular formula is C10H16N2OS. The number of hydrogen-bond donors (Lipinski definition) is 1. The number of nitrogens with zero attached hydrogens (tertiary/aromatic N) is 1. The SMILES string of the molecule is Cc1cc(CNC2CCOC2C)sn1. The fraction of sp³-hybridized carbons (Fsp3) is 0.700. The maximum Gasteiger partial charge on any atom is 0.0700 e. The van der Waals surface area contributed by atoms with E-state index in [-0.39, 0.29) is 0 Å². The number of rotatable bonds is 3. The molecular weight excluding hydrogens is 196 g/mol. The molecule has 0 saturated carbocycles. The number of aromatic nitrogens is 1. The minimum atomic E-state index is 0.351. The van der Waals surface area contributed by atoms with E-state index in [0.717, 1.165) is 25.3 Å². The van der Waals surface area contributed by atoms with Crippen LogP contribution in [-0.4, -0.2) is 23.1 Å². The van der Waals surface area contributed by atoms with Crippen molar-refractivity contribution in [1.82, 2.24) is 9.69 Å². The van der Waals surface area contributed by atoms with E-state index >= 15 is 0 Å². The summed E-state index contributed by atoms with van der Waals surface area (Å²) >= 11 is 1.58. The standard InChI is InChI=1S/C10H16N2OS/c1-7-5-9(14-12-7)6-11-10-3-4-13-8(10)2/h5,8,10-11H,3-4,6H2,1-2H3. The fourth-order valence-corrected chi connectivity index (χ4v) is 2.42. The lowest BCUT2D eigenvalue weighted by molar-refractivity contribution is 0.113. The second-order valence-electron chi connectivity index (χ2n) is 3.79. The van der Waals surface area contributed by atoms with Crippen LogP contribution in [0.2, 0.25) is 0 Å². The van der Waals surface area contributed by atoms with E-state index in [9.17, 15) is 0 Å². The Balaban J connectivity index is 1.82. The van der Waals surface area contributed by atoms with E-state index in [0.29, 0.717) is 12.1 Å². The highest BCUT2D eigenvalue weighted by atomic mass is 32.1. The van der Waals surface area contributed by atoms with Gasteiger partial charge in [-0.1, -0.05) is 0 Å². The van der Waals surface area contributed by atoms with Crippen LogP contribution in [0.1, 0.15) is 23.9 Å². The molecule has 0 aromatic carbocycles. The van der Waals surface area contributed by atoms with Gasteiger partial charge < -0.3 is 10.1 Å². The van der Waals surface area contributed by atoms with Crippen molar-refractivity contribution < 1.29 is 4.74 Å². The van der Waals surface area contributed by atoms with Gasteiger partial charge in [0.15, 0.2) is 0 Å². The van der Waals surface area contributed by atoms with E-state index in [2.05, 4.69) is 22.7 Å². The van der Waals surface area contributed by atoms with Gasteiger partial charge in [-0.2, -0.15) is 4.37 Å². The van der Waals surface area contributed by atoms with E-state index < -0.39 is 0 Å². The van der Waals surface area contributed by atoms with Gasteiger partial charge >= 0.3 is 0 Å². The fourth-order valence-electron chi connectivity index (χ4n) is 1.73. The molecule has 0 radical (unpaired) electrons. The summed E-state index contributed by atoms with van der Waals surface area (Å²) in [6, 6.07) is 2.65. The van der Waals surface area contributed by atoms with Crippen LogP contribution in [-0.2, 0) is 11.3 Å². The predicted molar refractivity (Wildman–Crippen MR) is 57.5 cm³/mol. The van der Waals surface area contributed by atoms with Crippen LogP contribution in [0, 0.1) is 6.92 Å². The van der Waals surface area contributed by atoms with E-state index in [1.807, 2.05) is 6.92 Å². The molecule has 78 valence electrons. The van der Waals surface area contributed by atoms with Gasteiger partial charge in [-0.15, -0.1) is 0 Å². The first-order valence-electron chi connectivity index (χ1n) is 5.03. The van der Waals surface area contributed by atoms with Crippen molar-refractivity contribution in [3.8, 4) is 0 Å². The summed E-state index contributed by atoms with van der Waals surface area (Å²) in [6.07, 6.45) is 1.47. The molecule has 1 aromatic rings. The highest BCUT2D eigenvalue weighted by Crippen LogP contribution is 2.14. The topological polar surface area (TPSA) is 34.1 Å². The average Bonchev–Trinajstić information content (AvgIpc) is 2.72. The van der Waals surface area contributed by atoms with Crippen molar-refractivity contribution in [2.45, 2.75) is 39.0 Å². The second-order valence-corrected chi connectivity index (χ2v) is 4.68. The number of nitrogens with one attached hydrogen (secondary N) is 1. The van der Waals surface area contributed by atoms with Crippen LogP contribution < -0.4 is 5.32 Å². The molecule has 1 fully saturated rings. The first kappa shape index (κ1) is 10.1. The largest absolute Gasteiger partial charge is 0.377 e. The summed E-state index contributed by atoms with van der Waals surface area (Å²) in [6.45, 7) is 5.97. The quantitative estimate of drug-likeness (QED) is 0.828. The van der Waals surface area contributed by atoms with Crippen LogP contribution in [0.15, 0.2) is 6.07 Å². The van der Waals surface area contributed by atoms with E-state index in [1.165, 1.54) is 4.88 Å². The van der Waals surface area contributed by atoms with Gasteiger partial charge in [0.25, 0.3) is 0 Å². The van der Waals surface area contributed by atoms with Gasteiger partial charge in [0.05, 0.1) is 11.8 Å². The van der Waals surface area contributed by atoms with Crippen molar-refractivity contribution in [2.75, 3.05) is 6.61 Å². The smallest absolute Gasteiger partial charge is 0.0700 e. The molecule has 0 spiro atoms. The lowest BCUT2D eigenvalue weighted by Crippen LogP contribution is -2.33. The molecule has 2 rings (SSSR count). The van der Waals surface area contributed by atoms with Gasteiger partial charge in [-0.05, 0) is 37.9 Å². The second kappa shape index (κ2) is 4.38. The molecule has 2 heterocycles. The minimum Gasteiger partial charge on any atom is -0.377 e. The van der Waals surface area contributed by atoms with Crippen LogP contribution in [0.5, 0.6) is 0 Å². The van der Waals surface area contributed by atoms with Crippen LogP contribution in [0.3, 0.4) is 0 Å². The predicted octanol–water partition coefficient (Wildman–Crippen LogP) is 1.72. The van der Waals surface area contributed by atoms with Gasteiger partial charge in [-0.25, -0.2) is 0 Å². The molecule has 1 aromatic heterocycles. The molecule has 0 bridgehead atoms. The first-order chi connectivity index (χ1) is 6.75. The average molecular weight is 212 g/mol. The molecule has 1 saturated heterocycles. The number of aryl methyl sites for hydroxylation is 1.